The van der Waals surface area contributed by atoms with Crippen LogP contribution < -0.4 is 11.1 Å². The normalized spacial score (nSPS) is 12.2. The topological polar surface area (TPSA) is 129 Å². The molecule has 35 heavy (non-hydrogen) atoms. The van der Waals surface area contributed by atoms with Gasteiger partial charge in [-0.25, -0.2) is 17.8 Å². The Morgan fingerprint density at radius 3 is 2.60 bits per heavy atom. The summed E-state index contributed by atoms with van der Waals surface area (Å²) in [5, 5.41) is 12.7. The molecular formula is C25H26FN5O3S. The maximum Gasteiger partial charge on any atom is 0.219 e. The number of nitrogens with two attached hydrogens (primary N) is 1. The van der Waals surface area contributed by atoms with Gasteiger partial charge in [0.05, 0.1) is 29.6 Å². The Morgan fingerprint density at radius 1 is 1.20 bits per heavy atom. The molecule has 0 bridgehead atoms. The largest absolute Gasteiger partial charge is 0.370 e. The number of sulfonamides is 1. The molecule has 10 heteroatoms. The molecule has 8 nitrogen and oxygen atoms in total. The zero-order valence-corrected chi connectivity index (χ0v) is 20.2. The standard InChI is InChI=1S/C25H26FN5O3S/c1-31(35(2,33)34)23(15-24(28)32)21-10-11-22(20-9-4-3-7-18(20)16-27)30-25(21)29-13-12-17-6-5-8-19(26)14-17/h3-11,14,23H,12-13,15H2,1-2H3,(H2,28,32)(H,29,30). The molecule has 1 aromatic heterocycles. The van der Waals surface area contributed by atoms with Gasteiger partial charge in [0.1, 0.15) is 11.6 Å². The summed E-state index contributed by atoms with van der Waals surface area (Å²) >= 11 is 0. The van der Waals surface area contributed by atoms with Crippen molar-refractivity contribution in [2.75, 3.05) is 25.2 Å². The summed E-state index contributed by atoms with van der Waals surface area (Å²) in [6, 6.07) is 17.8. The third-order valence-corrected chi connectivity index (χ3v) is 6.86. The van der Waals surface area contributed by atoms with Gasteiger partial charge in [-0.05, 0) is 36.2 Å². The number of benzene rings is 2. The number of carbonyl (C=O) groups excluding carboxylic acids is 1. The Morgan fingerprint density at radius 2 is 1.94 bits per heavy atom. The Kier molecular flexibility index (Phi) is 8.17. The van der Waals surface area contributed by atoms with E-state index in [0.717, 1.165) is 16.1 Å². The Bertz CT molecular complexity index is 1370. The molecule has 1 amide bonds. The van der Waals surface area contributed by atoms with Gasteiger partial charge in [0, 0.05) is 31.1 Å². The molecule has 3 N–H and O–H groups in total. The van der Waals surface area contributed by atoms with Crippen LogP contribution in [-0.4, -0.2) is 43.5 Å². The van der Waals surface area contributed by atoms with Crippen molar-refractivity contribution in [1.29, 1.82) is 5.26 Å². The SMILES string of the molecule is CN(C(CC(N)=O)c1ccc(-c2ccccc2C#N)nc1NCCc1cccc(F)c1)S(C)(=O)=O. The van der Waals surface area contributed by atoms with E-state index >= 15 is 0 Å². The molecule has 3 rings (SSSR count). The summed E-state index contributed by atoms with van der Waals surface area (Å²) in [7, 11) is -2.30. The van der Waals surface area contributed by atoms with Gasteiger partial charge in [0.2, 0.25) is 15.9 Å². The average molecular weight is 496 g/mol. The summed E-state index contributed by atoms with van der Waals surface area (Å²) in [6.45, 7) is 0.360. The maximum absolute atomic E-state index is 13.6. The summed E-state index contributed by atoms with van der Waals surface area (Å²) in [5.41, 5.74) is 8.20. The fraction of sp³-hybridized carbons (Fsp3) is 0.240. The smallest absolute Gasteiger partial charge is 0.219 e. The van der Waals surface area contributed by atoms with E-state index in [4.69, 9.17) is 5.73 Å². The molecule has 2 aromatic carbocycles. The summed E-state index contributed by atoms with van der Waals surface area (Å²) in [4.78, 5) is 16.5. The van der Waals surface area contributed by atoms with Crippen LogP contribution in [0.1, 0.15) is 29.2 Å². The Balaban J connectivity index is 2.05. The highest BCUT2D eigenvalue weighted by Crippen LogP contribution is 2.33. The molecule has 0 fully saturated rings. The van der Waals surface area contributed by atoms with E-state index in [2.05, 4.69) is 16.4 Å². The molecular weight excluding hydrogens is 469 g/mol. The van der Waals surface area contributed by atoms with Crippen LogP contribution in [0.4, 0.5) is 10.2 Å². The molecule has 3 aromatic rings. The van der Waals surface area contributed by atoms with E-state index in [1.165, 1.54) is 19.2 Å². The van der Waals surface area contributed by atoms with E-state index in [1.807, 2.05) is 0 Å². The molecule has 1 unspecified atom stereocenters. The summed E-state index contributed by atoms with van der Waals surface area (Å²) in [5.74, 6) is -0.670. The van der Waals surface area contributed by atoms with E-state index in [1.54, 1.807) is 48.5 Å². The van der Waals surface area contributed by atoms with Gasteiger partial charge >= 0.3 is 0 Å². The van der Waals surface area contributed by atoms with Crippen molar-refractivity contribution in [3.05, 3.63) is 83.2 Å². The average Bonchev–Trinajstić information content (AvgIpc) is 2.81. The number of anilines is 1. The quantitative estimate of drug-likeness (QED) is 0.444. The molecule has 0 aliphatic rings. The first-order valence-electron chi connectivity index (χ1n) is 10.8. The van der Waals surface area contributed by atoms with E-state index < -0.39 is 22.0 Å². The Hall–Kier alpha value is -3.81. The molecule has 0 saturated carbocycles. The summed E-state index contributed by atoms with van der Waals surface area (Å²) < 4.78 is 39.2. The third kappa shape index (κ3) is 6.62. The molecule has 0 radical (unpaired) electrons. The molecule has 0 saturated heterocycles. The first-order valence-corrected chi connectivity index (χ1v) is 12.6. The molecule has 182 valence electrons. The predicted octanol–water partition coefficient (Wildman–Crippen LogP) is 3.22. The van der Waals surface area contributed by atoms with Crippen molar-refractivity contribution in [2.24, 2.45) is 5.73 Å². The van der Waals surface area contributed by atoms with Crippen LogP contribution in [0.25, 0.3) is 11.3 Å². The van der Waals surface area contributed by atoms with Gasteiger partial charge in [-0.1, -0.05) is 36.4 Å². The van der Waals surface area contributed by atoms with Crippen LogP contribution in [0.5, 0.6) is 0 Å². The molecule has 0 aliphatic heterocycles. The monoisotopic (exact) mass is 495 g/mol. The lowest BCUT2D eigenvalue weighted by molar-refractivity contribution is -0.118. The zero-order valence-electron chi connectivity index (χ0n) is 19.4. The van der Waals surface area contributed by atoms with Crippen LogP contribution in [0, 0.1) is 17.1 Å². The van der Waals surface area contributed by atoms with Gasteiger partial charge in [-0.15, -0.1) is 0 Å². The highest BCUT2D eigenvalue weighted by Gasteiger charge is 2.29. The van der Waals surface area contributed by atoms with Crippen LogP contribution in [0.3, 0.4) is 0 Å². The van der Waals surface area contributed by atoms with Gasteiger partial charge in [0.15, 0.2) is 0 Å². The minimum Gasteiger partial charge on any atom is -0.370 e. The van der Waals surface area contributed by atoms with Crippen molar-refractivity contribution in [3.8, 4) is 17.3 Å². The van der Waals surface area contributed by atoms with E-state index in [0.29, 0.717) is 41.2 Å². The number of hydrogen-bond donors (Lipinski definition) is 2. The number of hydrogen-bond acceptors (Lipinski definition) is 6. The lowest BCUT2D eigenvalue weighted by atomic mass is 10.0. The lowest BCUT2D eigenvalue weighted by Crippen LogP contribution is -2.34. The number of nitrogens with one attached hydrogen (secondary N) is 1. The first-order chi connectivity index (χ1) is 16.6. The number of nitrogens with zero attached hydrogens (tertiary/aromatic N) is 3. The summed E-state index contributed by atoms with van der Waals surface area (Å²) in [6.07, 6.45) is 1.27. The van der Waals surface area contributed by atoms with Crippen molar-refractivity contribution in [1.82, 2.24) is 9.29 Å². The van der Waals surface area contributed by atoms with Crippen molar-refractivity contribution in [3.63, 3.8) is 0 Å². The number of nitriles is 1. The molecule has 1 heterocycles. The fourth-order valence-electron chi connectivity index (χ4n) is 3.71. The number of rotatable bonds is 10. The highest BCUT2D eigenvalue weighted by atomic mass is 32.2. The van der Waals surface area contributed by atoms with Gasteiger partial charge in [0.25, 0.3) is 0 Å². The second-order valence-electron chi connectivity index (χ2n) is 8.06. The maximum atomic E-state index is 13.6. The second kappa shape index (κ2) is 11.1. The predicted molar refractivity (Wildman–Crippen MR) is 132 cm³/mol. The Labute approximate surface area is 204 Å². The molecule has 0 aliphatic carbocycles. The number of amides is 1. The molecule has 1 atom stereocenters. The minimum atomic E-state index is -3.67. The van der Waals surface area contributed by atoms with E-state index in [9.17, 15) is 22.9 Å². The van der Waals surface area contributed by atoms with Gasteiger partial charge in [-0.2, -0.15) is 9.57 Å². The number of pyridine rings is 1. The number of aromatic nitrogens is 1. The van der Waals surface area contributed by atoms with Crippen LogP contribution in [-0.2, 0) is 21.2 Å². The minimum absolute atomic E-state index is 0.252. The number of halogens is 1. The van der Waals surface area contributed by atoms with Crippen LogP contribution >= 0.6 is 0 Å². The highest BCUT2D eigenvalue weighted by molar-refractivity contribution is 7.88. The zero-order chi connectivity index (χ0) is 25.6. The molecule has 0 spiro atoms. The van der Waals surface area contributed by atoms with Gasteiger partial charge in [-0.3, -0.25) is 4.79 Å². The van der Waals surface area contributed by atoms with Crippen molar-refractivity contribution >= 4 is 21.7 Å². The van der Waals surface area contributed by atoms with Gasteiger partial charge < -0.3 is 11.1 Å². The van der Waals surface area contributed by atoms with E-state index in [-0.39, 0.29) is 12.2 Å². The van der Waals surface area contributed by atoms with Crippen LogP contribution in [0.15, 0.2) is 60.7 Å². The van der Waals surface area contributed by atoms with Crippen molar-refractivity contribution < 1.29 is 17.6 Å². The van der Waals surface area contributed by atoms with Crippen molar-refractivity contribution in [2.45, 2.75) is 18.9 Å². The third-order valence-electron chi connectivity index (χ3n) is 5.56. The lowest BCUT2D eigenvalue weighted by Gasteiger charge is -2.27. The number of primary amides is 1. The van der Waals surface area contributed by atoms with Crippen LogP contribution in [0.2, 0.25) is 0 Å². The second-order valence-corrected chi connectivity index (χ2v) is 10.1. The fourth-order valence-corrected chi connectivity index (χ4v) is 4.36. The number of carbonyl (C=O) groups is 1. The first kappa shape index (κ1) is 25.8.